The maximum absolute atomic E-state index is 12.4. The van der Waals surface area contributed by atoms with E-state index in [4.69, 9.17) is 0 Å². The van der Waals surface area contributed by atoms with Gasteiger partial charge in [0.2, 0.25) is 0 Å². The number of carbonyl (C=O) groups excluding carboxylic acids is 1. The van der Waals surface area contributed by atoms with Crippen molar-refractivity contribution in [2.75, 3.05) is 37.6 Å². The molecule has 27 heavy (non-hydrogen) atoms. The first kappa shape index (κ1) is 17.4. The van der Waals surface area contributed by atoms with Gasteiger partial charge in [-0.15, -0.1) is 0 Å². The molecule has 1 fully saturated rings. The number of nitrogens with one attached hydrogen (secondary N) is 1. The lowest BCUT2D eigenvalue weighted by molar-refractivity contribution is 0.194. The number of amides is 2. The zero-order chi connectivity index (χ0) is 18.6. The van der Waals surface area contributed by atoms with Crippen molar-refractivity contribution in [1.82, 2.24) is 19.6 Å². The summed E-state index contributed by atoms with van der Waals surface area (Å²) in [5.41, 5.74) is 4.43. The highest BCUT2D eigenvalue weighted by Crippen LogP contribution is 2.17. The van der Waals surface area contributed by atoms with Gasteiger partial charge < -0.3 is 19.5 Å². The van der Waals surface area contributed by atoms with Gasteiger partial charge in [0.1, 0.15) is 5.65 Å². The molecule has 4 rings (SSSR count). The van der Waals surface area contributed by atoms with Crippen LogP contribution in [0.3, 0.4) is 0 Å². The standard InChI is InChI=1S/C21H25N5O/c1-17-5-4-6-19(15-17)24-11-13-25(14-12-24)21(27)22-9-8-18-16-26-10-3-2-7-20(26)23-18/h2-7,10,15-16H,8-9,11-14H2,1H3,(H,22,27). The third-order valence-corrected chi connectivity index (χ3v) is 5.00. The van der Waals surface area contributed by atoms with Crippen molar-refractivity contribution in [3.63, 3.8) is 0 Å². The van der Waals surface area contributed by atoms with Gasteiger partial charge in [-0.2, -0.15) is 0 Å². The number of rotatable bonds is 4. The average Bonchev–Trinajstić information content (AvgIpc) is 3.11. The van der Waals surface area contributed by atoms with Crippen molar-refractivity contribution < 1.29 is 4.79 Å². The summed E-state index contributed by atoms with van der Waals surface area (Å²) >= 11 is 0. The second kappa shape index (κ2) is 7.70. The Morgan fingerprint density at radius 1 is 1.11 bits per heavy atom. The Balaban J connectivity index is 1.24. The molecule has 1 aliphatic heterocycles. The van der Waals surface area contributed by atoms with Crippen LogP contribution >= 0.6 is 0 Å². The topological polar surface area (TPSA) is 52.9 Å². The van der Waals surface area contributed by atoms with Crippen LogP contribution < -0.4 is 10.2 Å². The molecule has 3 heterocycles. The second-order valence-corrected chi connectivity index (χ2v) is 6.99. The monoisotopic (exact) mass is 363 g/mol. The molecule has 0 atom stereocenters. The molecule has 2 amide bonds. The number of hydrogen-bond acceptors (Lipinski definition) is 3. The molecule has 0 radical (unpaired) electrons. The first-order valence-electron chi connectivity index (χ1n) is 9.46. The van der Waals surface area contributed by atoms with Gasteiger partial charge in [-0.3, -0.25) is 0 Å². The third-order valence-electron chi connectivity index (χ3n) is 5.00. The summed E-state index contributed by atoms with van der Waals surface area (Å²) in [5.74, 6) is 0. The quantitative estimate of drug-likeness (QED) is 0.775. The number of nitrogens with zero attached hydrogens (tertiary/aromatic N) is 4. The predicted octanol–water partition coefficient (Wildman–Crippen LogP) is 2.72. The van der Waals surface area contributed by atoms with Gasteiger partial charge in [-0.25, -0.2) is 9.78 Å². The molecule has 6 nitrogen and oxygen atoms in total. The van der Waals surface area contributed by atoms with Gasteiger partial charge in [0, 0.05) is 57.2 Å². The molecule has 1 saturated heterocycles. The maximum Gasteiger partial charge on any atom is 0.317 e. The second-order valence-electron chi connectivity index (χ2n) is 6.99. The summed E-state index contributed by atoms with van der Waals surface area (Å²) in [6, 6.07) is 14.5. The van der Waals surface area contributed by atoms with Gasteiger partial charge in [-0.05, 0) is 36.8 Å². The molecule has 1 aliphatic rings. The van der Waals surface area contributed by atoms with Crippen molar-refractivity contribution in [2.45, 2.75) is 13.3 Å². The lowest BCUT2D eigenvalue weighted by Crippen LogP contribution is -2.52. The van der Waals surface area contributed by atoms with E-state index in [9.17, 15) is 4.79 Å². The lowest BCUT2D eigenvalue weighted by atomic mass is 10.2. The minimum atomic E-state index is 0.0163. The summed E-state index contributed by atoms with van der Waals surface area (Å²) in [7, 11) is 0. The van der Waals surface area contributed by atoms with Crippen LogP contribution in [-0.4, -0.2) is 53.0 Å². The summed E-state index contributed by atoms with van der Waals surface area (Å²) in [6.07, 6.45) is 4.73. The Bertz CT molecular complexity index is 894. The van der Waals surface area contributed by atoms with Crippen LogP contribution in [0.4, 0.5) is 10.5 Å². The maximum atomic E-state index is 12.4. The highest BCUT2D eigenvalue weighted by molar-refractivity contribution is 5.74. The molecule has 3 aromatic rings. The molecule has 140 valence electrons. The van der Waals surface area contributed by atoms with Gasteiger partial charge in [0.25, 0.3) is 0 Å². The molecule has 0 bridgehead atoms. The molecule has 1 aromatic carbocycles. The zero-order valence-electron chi connectivity index (χ0n) is 15.6. The van der Waals surface area contributed by atoms with E-state index < -0.39 is 0 Å². The van der Waals surface area contributed by atoms with Crippen molar-refractivity contribution in [3.05, 3.63) is 66.1 Å². The highest BCUT2D eigenvalue weighted by Gasteiger charge is 2.21. The van der Waals surface area contributed by atoms with Crippen LogP contribution in [0, 0.1) is 6.92 Å². The Kier molecular flexibility index (Phi) is 4.96. The van der Waals surface area contributed by atoms with Crippen molar-refractivity contribution in [1.29, 1.82) is 0 Å². The molecule has 1 N–H and O–H groups in total. The fourth-order valence-corrected chi connectivity index (χ4v) is 3.51. The number of aryl methyl sites for hydroxylation is 1. The van der Waals surface area contributed by atoms with Crippen LogP contribution in [0.5, 0.6) is 0 Å². The summed E-state index contributed by atoms with van der Waals surface area (Å²) < 4.78 is 2.00. The van der Waals surface area contributed by atoms with Crippen LogP contribution in [-0.2, 0) is 6.42 Å². The number of pyridine rings is 1. The molecule has 0 unspecified atom stereocenters. The number of anilines is 1. The van der Waals surface area contributed by atoms with Crippen LogP contribution in [0.15, 0.2) is 54.9 Å². The molecule has 6 heteroatoms. The summed E-state index contributed by atoms with van der Waals surface area (Å²) in [6.45, 7) is 5.92. The molecule has 0 spiro atoms. The highest BCUT2D eigenvalue weighted by atomic mass is 16.2. The minimum absolute atomic E-state index is 0.0163. The Morgan fingerprint density at radius 3 is 2.74 bits per heavy atom. The fourth-order valence-electron chi connectivity index (χ4n) is 3.51. The van der Waals surface area contributed by atoms with Crippen molar-refractivity contribution in [2.24, 2.45) is 0 Å². The first-order valence-corrected chi connectivity index (χ1v) is 9.46. The Morgan fingerprint density at radius 2 is 1.96 bits per heavy atom. The van der Waals surface area contributed by atoms with E-state index in [1.807, 2.05) is 39.9 Å². The Labute approximate surface area is 159 Å². The van der Waals surface area contributed by atoms with Crippen molar-refractivity contribution >= 4 is 17.4 Å². The lowest BCUT2D eigenvalue weighted by Gasteiger charge is -2.36. The van der Waals surface area contributed by atoms with E-state index in [0.717, 1.165) is 43.9 Å². The number of aromatic nitrogens is 2. The van der Waals surface area contributed by atoms with E-state index in [1.54, 1.807) is 0 Å². The SMILES string of the molecule is Cc1cccc(N2CCN(C(=O)NCCc3cn4ccccc4n3)CC2)c1. The first-order chi connectivity index (χ1) is 13.2. The number of urea groups is 1. The van der Waals surface area contributed by atoms with E-state index >= 15 is 0 Å². The van der Waals surface area contributed by atoms with E-state index in [1.165, 1.54) is 11.3 Å². The van der Waals surface area contributed by atoms with Crippen molar-refractivity contribution in [3.8, 4) is 0 Å². The predicted molar refractivity (Wildman–Crippen MR) is 107 cm³/mol. The van der Waals surface area contributed by atoms with E-state index in [0.29, 0.717) is 6.54 Å². The minimum Gasteiger partial charge on any atom is -0.368 e. The number of piperazine rings is 1. The molecular formula is C21H25N5O. The van der Waals surface area contributed by atoms with Gasteiger partial charge >= 0.3 is 6.03 Å². The number of fused-ring (bicyclic) bond motifs is 1. The summed E-state index contributed by atoms with van der Waals surface area (Å²) in [4.78, 5) is 21.2. The molecule has 2 aromatic heterocycles. The third kappa shape index (κ3) is 4.05. The fraction of sp³-hybridized carbons (Fsp3) is 0.333. The summed E-state index contributed by atoms with van der Waals surface area (Å²) in [5, 5.41) is 3.03. The molecule has 0 saturated carbocycles. The number of imidazole rings is 1. The zero-order valence-corrected chi connectivity index (χ0v) is 15.6. The normalized spacial score (nSPS) is 14.6. The van der Waals surface area contributed by atoms with Crippen LogP contribution in [0.2, 0.25) is 0 Å². The van der Waals surface area contributed by atoms with Gasteiger partial charge in [-0.1, -0.05) is 18.2 Å². The molecular weight excluding hydrogens is 338 g/mol. The molecule has 0 aliphatic carbocycles. The van der Waals surface area contributed by atoms with E-state index in [2.05, 4.69) is 46.4 Å². The van der Waals surface area contributed by atoms with Gasteiger partial charge in [0.15, 0.2) is 0 Å². The van der Waals surface area contributed by atoms with Crippen LogP contribution in [0.1, 0.15) is 11.3 Å². The Hall–Kier alpha value is -3.02. The van der Waals surface area contributed by atoms with Gasteiger partial charge in [0.05, 0.1) is 5.69 Å². The smallest absolute Gasteiger partial charge is 0.317 e. The number of carbonyl (C=O) groups is 1. The average molecular weight is 363 g/mol. The number of hydrogen-bond donors (Lipinski definition) is 1. The van der Waals surface area contributed by atoms with Crippen LogP contribution in [0.25, 0.3) is 5.65 Å². The van der Waals surface area contributed by atoms with E-state index in [-0.39, 0.29) is 6.03 Å². The number of benzene rings is 1. The largest absolute Gasteiger partial charge is 0.368 e.